The van der Waals surface area contributed by atoms with Crippen LogP contribution in [0.3, 0.4) is 0 Å². The largest absolute Gasteiger partial charge is 0.494 e. The van der Waals surface area contributed by atoms with Crippen LogP contribution in [0.25, 0.3) is 6.08 Å². The lowest BCUT2D eigenvalue weighted by molar-refractivity contribution is -0.136. The smallest absolute Gasteiger partial charge is 0.390 e. The van der Waals surface area contributed by atoms with Gasteiger partial charge in [0.05, 0.1) is 13.2 Å². The second-order valence-corrected chi connectivity index (χ2v) is 12.2. The van der Waals surface area contributed by atoms with Gasteiger partial charge in [-0.15, -0.1) is 6.58 Å². The molecule has 0 atom stereocenters. The molecule has 6 heteroatoms. The van der Waals surface area contributed by atoms with E-state index >= 15 is 0 Å². The Bertz CT molecular complexity index is 1640. The quantitative estimate of drug-likeness (QED) is 0.0322. The van der Waals surface area contributed by atoms with Crippen LogP contribution in [0.1, 0.15) is 100 Å². The standard InChI is InChI=1S/C46H52O6/c1-3-5-6-7-11-16-19-38-51-45(47)34-26-41-24-32-44(33-25-41)52-46(48)35-27-40-22-30-43(31-23-40)50-37-18-15-13-10-8-9-12-14-17-36-49-42-28-20-39(4-2)21-29-42/h3-4,15,18,20-25,28-33H,1-2,5-14,16-17,19,36-38H2/b18-15+. The van der Waals surface area contributed by atoms with Gasteiger partial charge in [-0.05, 0) is 105 Å². The molecule has 0 bridgehead atoms. The van der Waals surface area contributed by atoms with Gasteiger partial charge in [0.15, 0.2) is 0 Å². The Hall–Kier alpha value is -5.46. The Morgan fingerprint density at radius 1 is 0.538 bits per heavy atom. The summed E-state index contributed by atoms with van der Waals surface area (Å²) in [5.41, 5.74) is 2.38. The summed E-state index contributed by atoms with van der Waals surface area (Å²) in [6.45, 7) is 9.12. The van der Waals surface area contributed by atoms with Gasteiger partial charge in [0.1, 0.15) is 23.9 Å². The fraction of sp³-hybridized carbons (Fsp3) is 0.348. The maximum absolute atomic E-state index is 12.2. The van der Waals surface area contributed by atoms with Crippen LogP contribution in [0.15, 0.2) is 104 Å². The third-order valence-corrected chi connectivity index (χ3v) is 7.99. The van der Waals surface area contributed by atoms with Crippen LogP contribution < -0.4 is 14.2 Å². The summed E-state index contributed by atoms with van der Waals surface area (Å²) in [6.07, 6.45) is 22.5. The molecule has 0 amide bonds. The molecule has 0 saturated carbocycles. The van der Waals surface area contributed by atoms with E-state index in [1.54, 1.807) is 36.4 Å². The monoisotopic (exact) mass is 700 g/mol. The Kier molecular flexibility index (Phi) is 20.8. The second-order valence-electron chi connectivity index (χ2n) is 12.2. The molecule has 0 N–H and O–H groups in total. The lowest BCUT2D eigenvalue weighted by Crippen LogP contribution is -2.04. The summed E-state index contributed by atoms with van der Waals surface area (Å²) in [4.78, 5) is 24.1. The van der Waals surface area contributed by atoms with Gasteiger partial charge in [0, 0.05) is 23.0 Å². The SMILES string of the molecule is C=CCCCCCCCOC(=O)C#Cc1ccc(OC(=O)C#Cc2ccc(OC/C=C/CCCCCCCCOc3ccc(C=C)cc3)cc2)cc1. The van der Waals surface area contributed by atoms with Crippen molar-refractivity contribution in [3.8, 4) is 40.9 Å². The van der Waals surface area contributed by atoms with Crippen LogP contribution in [-0.2, 0) is 14.3 Å². The average Bonchev–Trinajstić information content (AvgIpc) is 3.17. The van der Waals surface area contributed by atoms with E-state index < -0.39 is 11.9 Å². The summed E-state index contributed by atoms with van der Waals surface area (Å²) in [5, 5.41) is 0. The van der Waals surface area contributed by atoms with E-state index in [1.165, 1.54) is 32.1 Å². The van der Waals surface area contributed by atoms with Crippen molar-refractivity contribution in [1.82, 2.24) is 0 Å². The predicted molar refractivity (Wildman–Crippen MR) is 210 cm³/mol. The van der Waals surface area contributed by atoms with Gasteiger partial charge >= 0.3 is 11.9 Å². The first-order valence-electron chi connectivity index (χ1n) is 18.4. The zero-order valence-electron chi connectivity index (χ0n) is 30.4. The Morgan fingerprint density at radius 3 is 1.69 bits per heavy atom. The molecule has 0 spiro atoms. The van der Waals surface area contributed by atoms with E-state index in [1.807, 2.05) is 54.6 Å². The zero-order valence-corrected chi connectivity index (χ0v) is 30.4. The van der Waals surface area contributed by atoms with Gasteiger partial charge in [0.2, 0.25) is 0 Å². The maximum Gasteiger partial charge on any atom is 0.390 e. The van der Waals surface area contributed by atoms with E-state index in [-0.39, 0.29) is 0 Å². The number of rotatable bonds is 23. The Balaban J connectivity index is 1.21. The molecule has 0 aromatic heterocycles. The Labute approximate surface area is 310 Å². The molecule has 3 rings (SSSR count). The minimum absolute atomic E-state index is 0.334. The van der Waals surface area contributed by atoms with Crippen LogP contribution in [-0.4, -0.2) is 31.8 Å². The summed E-state index contributed by atoms with van der Waals surface area (Å²) in [7, 11) is 0. The number of hydrogen-bond donors (Lipinski definition) is 0. The number of unbranched alkanes of at least 4 members (excludes halogenated alkanes) is 11. The van der Waals surface area contributed by atoms with Crippen LogP contribution in [0, 0.1) is 23.7 Å². The molecule has 3 aromatic rings. The number of carbonyl (C=O) groups excluding carboxylic acids is 2. The summed E-state index contributed by atoms with van der Waals surface area (Å²) in [5.74, 6) is 11.3. The van der Waals surface area contributed by atoms with Gasteiger partial charge in [-0.1, -0.05) is 99.8 Å². The van der Waals surface area contributed by atoms with Gasteiger partial charge in [-0.2, -0.15) is 0 Å². The van der Waals surface area contributed by atoms with Gasteiger partial charge < -0.3 is 18.9 Å². The fourth-order valence-corrected chi connectivity index (χ4v) is 5.03. The predicted octanol–water partition coefficient (Wildman–Crippen LogP) is 10.5. The minimum atomic E-state index is -0.676. The molecule has 52 heavy (non-hydrogen) atoms. The molecule has 3 aromatic carbocycles. The highest BCUT2D eigenvalue weighted by Gasteiger charge is 2.02. The molecule has 0 radical (unpaired) electrons. The molecule has 0 aliphatic heterocycles. The van der Waals surface area contributed by atoms with Crippen molar-refractivity contribution in [2.45, 2.75) is 83.5 Å². The summed E-state index contributed by atoms with van der Waals surface area (Å²) in [6, 6.07) is 21.8. The normalized spacial score (nSPS) is 10.3. The molecule has 0 unspecified atom stereocenters. The van der Waals surface area contributed by atoms with Crippen molar-refractivity contribution in [3.63, 3.8) is 0 Å². The highest BCUT2D eigenvalue weighted by Crippen LogP contribution is 2.16. The summed E-state index contributed by atoms with van der Waals surface area (Å²) >= 11 is 0. The van der Waals surface area contributed by atoms with Crippen molar-refractivity contribution in [3.05, 3.63) is 121 Å². The first-order valence-corrected chi connectivity index (χ1v) is 18.4. The van der Waals surface area contributed by atoms with E-state index in [4.69, 9.17) is 18.9 Å². The van der Waals surface area contributed by atoms with E-state index in [9.17, 15) is 9.59 Å². The van der Waals surface area contributed by atoms with Gasteiger partial charge in [0.25, 0.3) is 0 Å². The molecule has 0 aliphatic rings. The number of benzene rings is 3. The number of carbonyl (C=O) groups is 2. The highest BCUT2D eigenvalue weighted by atomic mass is 16.5. The molecule has 0 fully saturated rings. The topological polar surface area (TPSA) is 71.1 Å². The fourth-order valence-electron chi connectivity index (χ4n) is 5.03. The number of allylic oxidation sites excluding steroid dienone is 2. The third kappa shape index (κ3) is 19.1. The van der Waals surface area contributed by atoms with Gasteiger partial charge in [-0.25, -0.2) is 9.59 Å². The van der Waals surface area contributed by atoms with Crippen molar-refractivity contribution in [2.75, 3.05) is 19.8 Å². The molecular formula is C46H52O6. The molecule has 0 aliphatic carbocycles. The van der Waals surface area contributed by atoms with E-state index in [2.05, 4.69) is 42.9 Å². The minimum Gasteiger partial charge on any atom is -0.494 e. The molecular weight excluding hydrogens is 648 g/mol. The number of hydrogen-bond acceptors (Lipinski definition) is 6. The van der Waals surface area contributed by atoms with Crippen molar-refractivity contribution in [2.24, 2.45) is 0 Å². The van der Waals surface area contributed by atoms with Crippen LogP contribution in [0.2, 0.25) is 0 Å². The van der Waals surface area contributed by atoms with Crippen LogP contribution >= 0.6 is 0 Å². The van der Waals surface area contributed by atoms with E-state index in [0.29, 0.717) is 30.1 Å². The number of esters is 2. The lowest BCUT2D eigenvalue weighted by Gasteiger charge is -2.06. The first-order chi connectivity index (χ1) is 25.6. The van der Waals surface area contributed by atoms with Crippen molar-refractivity contribution >= 4 is 18.0 Å². The Morgan fingerprint density at radius 2 is 1.06 bits per heavy atom. The molecule has 0 heterocycles. The molecule has 6 nitrogen and oxygen atoms in total. The molecule has 272 valence electrons. The van der Waals surface area contributed by atoms with Crippen molar-refractivity contribution in [1.29, 1.82) is 0 Å². The zero-order chi connectivity index (χ0) is 36.9. The lowest BCUT2D eigenvalue weighted by atomic mass is 10.1. The number of ether oxygens (including phenoxy) is 4. The van der Waals surface area contributed by atoms with Crippen LogP contribution in [0.4, 0.5) is 0 Å². The maximum atomic E-state index is 12.2. The average molecular weight is 701 g/mol. The first kappa shape index (κ1) is 41.0. The van der Waals surface area contributed by atoms with E-state index in [0.717, 1.165) is 75.0 Å². The van der Waals surface area contributed by atoms with Crippen LogP contribution in [0.5, 0.6) is 17.2 Å². The third-order valence-electron chi connectivity index (χ3n) is 7.99. The van der Waals surface area contributed by atoms with Gasteiger partial charge in [-0.3, -0.25) is 0 Å². The van der Waals surface area contributed by atoms with Crippen molar-refractivity contribution < 1.29 is 28.5 Å². The summed E-state index contributed by atoms with van der Waals surface area (Å²) < 4.78 is 22.1. The molecule has 0 saturated heterocycles. The highest BCUT2D eigenvalue weighted by molar-refractivity contribution is 5.91. The second kappa shape index (κ2) is 26.4.